The fourth-order valence-electron chi connectivity index (χ4n) is 3.78. The SMILES string of the molecule is CN(CCOC=O)N(Cc1ccc(C(F)(F)F)cn1)C(=O)c1ccc2nc(N)c3cnn(C)c3c2c1. The zero-order valence-corrected chi connectivity index (χ0v) is 19.4. The summed E-state index contributed by atoms with van der Waals surface area (Å²) in [5, 5.41) is 8.35. The number of benzene rings is 1. The van der Waals surface area contributed by atoms with E-state index in [1.54, 1.807) is 43.2 Å². The van der Waals surface area contributed by atoms with Crippen LogP contribution in [0.15, 0.2) is 42.7 Å². The Hall–Kier alpha value is -4.26. The number of carbonyl (C=O) groups is 2. The second-order valence-electron chi connectivity index (χ2n) is 8.01. The number of halogens is 3. The Kier molecular flexibility index (Phi) is 6.75. The van der Waals surface area contributed by atoms with Gasteiger partial charge in [-0.05, 0) is 30.3 Å². The maximum Gasteiger partial charge on any atom is 0.417 e. The lowest BCUT2D eigenvalue weighted by atomic mass is 10.1. The number of pyridine rings is 2. The van der Waals surface area contributed by atoms with Crippen LogP contribution < -0.4 is 5.73 Å². The number of alkyl halides is 3. The van der Waals surface area contributed by atoms with Gasteiger partial charge in [0.2, 0.25) is 0 Å². The molecule has 13 heteroatoms. The van der Waals surface area contributed by atoms with Gasteiger partial charge in [0.1, 0.15) is 12.4 Å². The van der Waals surface area contributed by atoms with Crippen molar-refractivity contribution in [3.8, 4) is 0 Å². The first-order chi connectivity index (χ1) is 17.1. The van der Waals surface area contributed by atoms with E-state index >= 15 is 0 Å². The number of aromatic nitrogens is 4. The van der Waals surface area contributed by atoms with Crippen molar-refractivity contribution >= 4 is 40.0 Å². The topological polar surface area (TPSA) is 119 Å². The van der Waals surface area contributed by atoms with Crippen LogP contribution in [0.5, 0.6) is 0 Å². The van der Waals surface area contributed by atoms with E-state index in [0.29, 0.717) is 39.7 Å². The smallest absolute Gasteiger partial charge is 0.417 e. The number of anilines is 1. The van der Waals surface area contributed by atoms with Gasteiger partial charge in [-0.1, -0.05) is 0 Å². The van der Waals surface area contributed by atoms with E-state index in [9.17, 15) is 22.8 Å². The molecule has 10 nitrogen and oxygen atoms in total. The normalized spacial score (nSPS) is 11.8. The van der Waals surface area contributed by atoms with Crippen LogP contribution in [0.1, 0.15) is 21.6 Å². The second-order valence-corrected chi connectivity index (χ2v) is 8.01. The van der Waals surface area contributed by atoms with Crippen LogP contribution in [0, 0.1) is 0 Å². The number of nitrogen functional groups attached to an aromatic ring is 1. The fourth-order valence-corrected chi connectivity index (χ4v) is 3.78. The molecule has 1 amide bonds. The summed E-state index contributed by atoms with van der Waals surface area (Å²) in [7, 11) is 3.35. The Labute approximate surface area is 203 Å². The van der Waals surface area contributed by atoms with Gasteiger partial charge in [0.15, 0.2) is 0 Å². The number of rotatable bonds is 8. The fraction of sp³-hybridized carbons (Fsp3) is 0.261. The average Bonchev–Trinajstić information content (AvgIpc) is 3.24. The molecule has 0 aliphatic carbocycles. The summed E-state index contributed by atoms with van der Waals surface area (Å²) in [6.07, 6.45) is -2.21. The van der Waals surface area contributed by atoms with E-state index in [-0.39, 0.29) is 25.4 Å². The zero-order chi connectivity index (χ0) is 26.0. The Morgan fingerprint density at radius 1 is 1.19 bits per heavy atom. The molecule has 0 aliphatic rings. The molecule has 4 aromatic rings. The van der Waals surface area contributed by atoms with Crippen molar-refractivity contribution in [1.82, 2.24) is 29.8 Å². The Balaban J connectivity index is 1.70. The number of hydrogen-bond donors (Lipinski definition) is 1. The molecule has 3 aromatic heterocycles. The Bertz CT molecular complexity index is 1420. The predicted octanol–water partition coefficient (Wildman–Crippen LogP) is 2.78. The van der Waals surface area contributed by atoms with Gasteiger partial charge in [-0.15, -0.1) is 0 Å². The van der Waals surface area contributed by atoms with Gasteiger partial charge in [-0.3, -0.25) is 24.3 Å². The Morgan fingerprint density at radius 3 is 2.64 bits per heavy atom. The molecule has 0 unspecified atom stereocenters. The minimum Gasteiger partial charge on any atom is -0.466 e. The molecule has 0 atom stereocenters. The molecule has 36 heavy (non-hydrogen) atoms. The lowest BCUT2D eigenvalue weighted by Gasteiger charge is -2.31. The largest absolute Gasteiger partial charge is 0.466 e. The number of nitrogens with two attached hydrogens (primary N) is 1. The van der Waals surface area contributed by atoms with Crippen LogP contribution in [0.2, 0.25) is 0 Å². The molecule has 0 aliphatic heterocycles. The number of nitrogens with zero attached hydrogens (tertiary/aromatic N) is 6. The third kappa shape index (κ3) is 4.91. The van der Waals surface area contributed by atoms with Crippen molar-refractivity contribution in [2.75, 3.05) is 25.9 Å². The second kappa shape index (κ2) is 9.77. The first kappa shape index (κ1) is 24.9. The van der Waals surface area contributed by atoms with Crippen molar-refractivity contribution in [2.24, 2.45) is 7.05 Å². The summed E-state index contributed by atoms with van der Waals surface area (Å²) in [6.45, 7) is 0.329. The van der Waals surface area contributed by atoms with Gasteiger partial charge in [-0.2, -0.15) is 18.3 Å². The molecule has 1 aromatic carbocycles. The lowest BCUT2D eigenvalue weighted by Crippen LogP contribution is -2.45. The number of likely N-dealkylation sites (N-methyl/N-ethyl adjacent to an activating group) is 1. The number of hydrazine groups is 1. The standard InChI is InChI=1S/C23H22F3N7O3/c1-31(7-8-36-13-34)33(12-16-5-4-15(10-28-16)23(24,25)26)22(35)14-3-6-19-17(9-14)20-18(21(27)30-19)11-29-32(20)2/h3-6,9-11,13H,7-8,12H2,1-2H3,(H2,27,30). The Morgan fingerprint density at radius 2 is 1.97 bits per heavy atom. The van der Waals surface area contributed by atoms with E-state index in [4.69, 9.17) is 10.5 Å². The van der Waals surface area contributed by atoms with Crippen LogP contribution in [-0.4, -0.2) is 62.3 Å². The van der Waals surface area contributed by atoms with Crippen LogP contribution in [0.3, 0.4) is 0 Å². The van der Waals surface area contributed by atoms with Gasteiger partial charge in [0, 0.05) is 31.2 Å². The first-order valence-electron chi connectivity index (χ1n) is 10.7. The molecule has 3 heterocycles. The molecule has 0 bridgehead atoms. The summed E-state index contributed by atoms with van der Waals surface area (Å²) in [5.74, 6) is -0.131. The molecule has 4 rings (SSSR count). The van der Waals surface area contributed by atoms with E-state index in [0.717, 1.165) is 12.3 Å². The van der Waals surface area contributed by atoms with E-state index in [1.165, 1.54) is 16.1 Å². The minimum atomic E-state index is -4.52. The molecule has 0 spiro atoms. The molecule has 188 valence electrons. The number of hydrogen-bond acceptors (Lipinski definition) is 8. The maximum atomic E-state index is 13.6. The molecule has 0 radical (unpaired) electrons. The van der Waals surface area contributed by atoms with Crippen molar-refractivity contribution in [1.29, 1.82) is 0 Å². The maximum absolute atomic E-state index is 13.6. The summed E-state index contributed by atoms with van der Waals surface area (Å²) in [6, 6.07) is 7.03. The van der Waals surface area contributed by atoms with Gasteiger partial charge in [0.05, 0.1) is 47.0 Å². The summed E-state index contributed by atoms with van der Waals surface area (Å²) in [5.41, 5.74) is 6.97. The van der Waals surface area contributed by atoms with Crippen molar-refractivity contribution in [3.63, 3.8) is 0 Å². The molecule has 2 N–H and O–H groups in total. The zero-order valence-electron chi connectivity index (χ0n) is 19.4. The van der Waals surface area contributed by atoms with Crippen LogP contribution in [0.4, 0.5) is 19.0 Å². The van der Waals surface area contributed by atoms with Gasteiger partial charge >= 0.3 is 6.18 Å². The number of carbonyl (C=O) groups excluding carboxylic acids is 2. The minimum absolute atomic E-state index is 0.000773. The highest BCUT2D eigenvalue weighted by atomic mass is 19.4. The van der Waals surface area contributed by atoms with Crippen LogP contribution in [-0.2, 0) is 29.3 Å². The number of aryl methyl sites for hydroxylation is 1. The van der Waals surface area contributed by atoms with Crippen LogP contribution >= 0.6 is 0 Å². The monoisotopic (exact) mass is 501 g/mol. The lowest BCUT2D eigenvalue weighted by molar-refractivity contribution is -0.138. The highest BCUT2D eigenvalue weighted by Gasteiger charge is 2.31. The highest BCUT2D eigenvalue weighted by Crippen LogP contribution is 2.30. The average molecular weight is 501 g/mol. The van der Waals surface area contributed by atoms with Crippen molar-refractivity contribution in [2.45, 2.75) is 12.7 Å². The molecular formula is C23H22F3N7O3. The third-order valence-electron chi connectivity index (χ3n) is 5.67. The summed E-state index contributed by atoms with van der Waals surface area (Å²) < 4.78 is 45.2. The molecular weight excluding hydrogens is 479 g/mol. The van der Waals surface area contributed by atoms with Gasteiger partial charge in [0.25, 0.3) is 12.4 Å². The molecule has 0 saturated carbocycles. The molecule has 0 saturated heterocycles. The third-order valence-corrected chi connectivity index (χ3v) is 5.67. The number of ether oxygens (including phenoxy) is 1. The van der Waals surface area contributed by atoms with E-state index in [1.807, 2.05) is 0 Å². The number of amides is 1. The predicted molar refractivity (Wildman–Crippen MR) is 124 cm³/mol. The van der Waals surface area contributed by atoms with Crippen LogP contribution in [0.25, 0.3) is 21.8 Å². The molecule has 0 fully saturated rings. The van der Waals surface area contributed by atoms with E-state index in [2.05, 4.69) is 15.1 Å². The quantitative estimate of drug-likeness (QED) is 0.222. The van der Waals surface area contributed by atoms with Crippen molar-refractivity contribution in [3.05, 3.63) is 59.5 Å². The number of fused-ring (bicyclic) bond motifs is 3. The first-order valence-corrected chi connectivity index (χ1v) is 10.7. The van der Waals surface area contributed by atoms with Gasteiger partial charge < -0.3 is 10.5 Å². The summed E-state index contributed by atoms with van der Waals surface area (Å²) >= 11 is 0. The van der Waals surface area contributed by atoms with Gasteiger partial charge in [-0.25, -0.2) is 9.99 Å². The van der Waals surface area contributed by atoms with Crippen molar-refractivity contribution < 1.29 is 27.5 Å². The van der Waals surface area contributed by atoms with E-state index < -0.39 is 17.6 Å². The highest BCUT2D eigenvalue weighted by molar-refractivity contribution is 6.10. The summed E-state index contributed by atoms with van der Waals surface area (Å²) in [4.78, 5) is 32.4.